The molecule has 1 aromatic carbocycles. The van der Waals surface area contributed by atoms with Gasteiger partial charge in [-0.1, -0.05) is 16.8 Å². The third kappa shape index (κ3) is 5.22. The van der Waals surface area contributed by atoms with Crippen LogP contribution in [0, 0.1) is 5.41 Å². The number of hydrogen-bond donors (Lipinski definition) is 1. The van der Waals surface area contributed by atoms with E-state index in [1.54, 1.807) is 6.07 Å². The summed E-state index contributed by atoms with van der Waals surface area (Å²) in [6, 6.07) is 2.05. The highest BCUT2D eigenvalue weighted by atomic mass is 35.5. The molecule has 2 atom stereocenters. The van der Waals surface area contributed by atoms with E-state index >= 15 is 0 Å². The number of alkyl halides is 4. The van der Waals surface area contributed by atoms with Gasteiger partial charge in [0, 0.05) is 56.5 Å². The smallest absolute Gasteiger partial charge is 0.319 e. The Hall–Kier alpha value is -3.42. The van der Waals surface area contributed by atoms with Crippen molar-refractivity contribution in [1.82, 2.24) is 24.8 Å². The predicted octanol–water partition coefficient (Wildman–Crippen LogP) is 3.92. The van der Waals surface area contributed by atoms with Gasteiger partial charge in [0.25, 0.3) is 6.43 Å². The minimum Gasteiger partial charge on any atom is -0.487 e. The Morgan fingerprint density at radius 1 is 1.22 bits per heavy atom. The van der Waals surface area contributed by atoms with E-state index in [1.807, 2.05) is 0 Å². The van der Waals surface area contributed by atoms with E-state index in [0.29, 0.717) is 35.5 Å². The molecule has 41 heavy (non-hydrogen) atoms. The van der Waals surface area contributed by atoms with Gasteiger partial charge in [0.15, 0.2) is 5.41 Å². The molecule has 3 heterocycles. The number of carbonyl (C=O) groups is 3. The Labute approximate surface area is 237 Å². The summed E-state index contributed by atoms with van der Waals surface area (Å²) in [5.74, 6) is -5.93. The zero-order valence-electron chi connectivity index (χ0n) is 22.1. The van der Waals surface area contributed by atoms with Gasteiger partial charge in [0.05, 0.1) is 6.04 Å². The van der Waals surface area contributed by atoms with Crippen molar-refractivity contribution in [2.24, 2.45) is 12.5 Å². The Morgan fingerprint density at radius 3 is 2.59 bits per heavy atom. The minimum atomic E-state index is -3.32. The second kappa shape index (κ2) is 10.8. The molecule has 10 nitrogen and oxygen atoms in total. The summed E-state index contributed by atoms with van der Waals surface area (Å²) in [7, 11) is 1.32. The van der Waals surface area contributed by atoms with Crippen LogP contribution in [0.4, 0.5) is 17.6 Å². The van der Waals surface area contributed by atoms with Crippen LogP contribution in [0.3, 0.4) is 0 Å². The van der Waals surface area contributed by atoms with Crippen molar-refractivity contribution in [2.75, 3.05) is 19.6 Å². The maximum absolute atomic E-state index is 14.3. The molecule has 5 rings (SSSR count). The molecule has 1 unspecified atom stereocenters. The molecule has 2 amide bonds. The number of aryl methyl sites for hydroxylation is 1. The molecule has 0 radical (unpaired) electrons. The zero-order chi connectivity index (χ0) is 29.7. The van der Waals surface area contributed by atoms with Crippen molar-refractivity contribution in [3.63, 3.8) is 0 Å². The lowest BCUT2D eigenvalue weighted by Gasteiger charge is -2.43. The molecule has 3 aliphatic rings. The molecule has 2 fully saturated rings. The van der Waals surface area contributed by atoms with Gasteiger partial charge in [-0.15, -0.1) is 5.10 Å². The van der Waals surface area contributed by atoms with Gasteiger partial charge in [0.1, 0.15) is 23.7 Å². The van der Waals surface area contributed by atoms with Crippen LogP contribution in [-0.4, -0.2) is 73.2 Å². The molecule has 1 aliphatic carbocycles. The number of halogens is 5. The average molecular weight is 602 g/mol. The maximum atomic E-state index is 14.3. The molecule has 1 saturated heterocycles. The highest BCUT2D eigenvalue weighted by Crippen LogP contribution is 2.51. The number of carbonyl (C=O) groups excluding carboxylic acids is 2. The van der Waals surface area contributed by atoms with Gasteiger partial charge in [-0.25, -0.2) is 22.2 Å². The maximum Gasteiger partial charge on any atom is 0.319 e. The largest absolute Gasteiger partial charge is 0.487 e. The van der Waals surface area contributed by atoms with Gasteiger partial charge >= 0.3 is 5.97 Å². The lowest BCUT2D eigenvalue weighted by atomic mass is 9.81. The first-order chi connectivity index (χ1) is 19.3. The van der Waals surface area contributed by atoms with E-state index < -0.39 is 67.2 Å². The first-order valence-corrected chi connectivity index (χ1v) is 13.5. The standard InChI is InChI=1S/C26H28ClF4N5O5/c1-34-21(22(28)29)16(32-33-34)12-41-18-5-4-15(27)14-6-10-36(17(20(14)18)11-35-9-2-3-19(35)37)23(38)25(24(39)40)7-8-26(30,31)13-25/h4-5,17,22H,2-3,6-13H2,1H3,(H,39,40)/t17-,25?/m1/s1. The van der Waals surface area contributed by atoms with Crippen LogP contribution in [0.1, 0.15) is 67.1 Å². The molecule has 2 aliphatic heterocycles. The van der Waals surface area contributed by atoms with Crippen LogP contribution in [0.5, 0.6) is 5.75 Å². The van der Waals surface area contributed by atoms with Crippen molar-refractivity contribution in [1.29, 1.82) is 0 Å². The number of hydrogen-bond acceptors (Lipinski definition) is 6. The first kappa shape index (κ1) is 29.1. The van der Waals surface area contributed by atoms with Crippen molar-refractivity contribution in [3.8, 4) is 5.75 Å². The Kier molecular flexibility index (Phi) is 7.64. The zero-order valence-corrected chi connectivity index (χ0v) is 22.8. The molecular weight excluding hydrogens is 574 g/mol. The predicted molar refractivity (Wildman–Crippen MR) is 135 cm³/mol. The van der Waals surface area contributed by atoms with E-state index in [4.69, 9.17) is 16.3 Å². The van der Waals surface area contributed by atoms with E-state index in [9.17, 15) is 37.1 Å². The van der Waals surface area contributed by atoms with Crippen LogP contribution < -0.4 is 4.74 Å². The van der Waals surface area contributed by atoms with Gasteiger partial charge in [-0.3, -0.25) is 14.4 Å². The summed E-state index contributed by atoms with van der Waals surface area (Å²) in [5, 5.41) is 17.7. The van der Waals surface area contributed by atoms with Crippen LogP contribution in [0.2, 0.25) is 5.02 Å². The summed E-state index contributed by atoms with van der Waals surface area (Å²) < 4.78 is 62.7. The monoisotopic (exact) mass is 601 g/mol. The van der Waals surface area contributed by atoms with E-state index in [1.165, 1.54) is 22.9 Å². The molecule has 2 aromatic rings. The van der Waals surface area contributed by atoms with Crippen LogP contribution >= 0.6 is 11.6 Å². The molecule has 0 spiro atoms. The van der Waals surface area contributed by atoms with Gasteiger partial charge in [-0.05, 0) is 37.0 Å². The quantitative estimate of drug-likeness (QED) is 0.360. The minimum absolute atomic E-state index is 0.0258. The summed E-state index contributed by atoms with van der Waals surface area (Å²) in [5.41, 5.74) is -1.95. The van der Waals surface area contributed by atoms with Gasteiger partial charge in [-0.2, -0.15) is 0 Å². The third-order valence-electron chi connectivity index (χ3n) is 8.21. The van der Waals surface area contributed by atoms with E-state index in [2.05, 4.69) is 10.3 Å². The Bertz CT molecular complexity index is 1390. The topological polar surface area (TPSA) is 118 Å². The molecule has 15 heteroatoms. The van der Waals surface area contributed by atoms with Gasteiger partial charge < -0.3 is 19.6 Å². The number of nitrogens with zero attached hydrogens (tertiary/aromatic N) is 5. The number of aromatic nitrogens is 3. The highest BCUT2D eigenvalue weighted by molar-refractivity contribution is 6.31. The molecule has 1 N–H and O–H groups in total. The number of amides is 2. The first-order valence-electron chi connectivity index (χ1n) is 13.2. The number of rotatable bonds is 8. The number of likely N-dealkylation sites (tertiary alicyclic amines) is 1. The number of benzene rings is 1. The van der Waals surface area contributed by atoms with Crippen LogP contribution in [0.15, 0.2) is 12.1 Å². The van der Waals surface area contributed by atoms with Crippen LogP contribution in [0.25, 0.3) is 0 Å². The molecule has 1 saturated carbocycles. The Morgan fingerprint density at radius 2 is 1.98 bits per heavy atom. The van der Waals surface area contributed by atoms with Crippen molar-refractivity contribution in [3.05, 3.63) is 39.7 Å². The molecule has 222 valence electrons. The fraction of sp³-hybridized carbons (Fsp3) is 0.577. The molecule has 1 aromatic heterocycles. The van der Waals surface area contributed by atoms with Gasteiger partial charge in [0.2, 0.25) is 17.7 Å². The SMILES string of the molecule is Cn1nnc(COc2ccc(Cl)c3c2[C@@H](CN2CCCC2=O)N(C(=O)C2(C(=O)O)CCC(F)(F)C2)CC3)c1C(F)F. The number of fused-ring (bicyclic) bond motifs is 1. The number of carboxylic acid groups (broad SMARTS) is 1. The summed E-state index contributed by atoms with van der Waals surface area (Å²) in [4.78, 5) is 41.7. The molecule has 0 bridgehead atoms. The highest BCUT2D eigenvalue weighted by Gasteiger charge is 2.61. The lowest BCUT2D eigenvalue weighted by Crippen LogP contribution is -2.53. The summed E-state index contributed by atoms with van der Waals surface area (Å²) >= 11 is 6.52. The lowest BCUT2D eigenvalue weighted by molar-refractivity contribution is -0.164. The summed E-state index contributed by atoms with van der Waals surface area (Å²) in [6.07, 6.45) is -4.24. The number of carboxylic acids is 1. The van der Waals surface area contributed by atoms with Crippen molar-refractivity contribution < 1.29 is 41.8 Å². The second-order valence-corrected chi connectivity index (χ2v) is 11.1. The number of ether oxygens (including phenoxy) is 1. The fourth-order valence-electron chi connectivity index (χ4n) is 6.11. The third-order valence-corrected chi connectivity index (χ3v) is 8.56. The second-order valence-electron chi connectivity index (χ2n) is 10.7. The molecular formula is C26H28ClF4N5O5. The van der Waals surface area contributed by atoms with E-state index in [0.717, 1.165) is 4.68 Å². The normalized spacial score (nSPS) is 23.8. The van der Waals surface area contributed by atoms with Crippen molar-refractivity contribution >= 4 is 29.4 Å². The Balaban J connectivity index is 1.56. The number of aliphatic carboxylic acids is 1. The summed E-state index contributed by atoms with van der Waals surface area (Å²) in [6.45, 7) is -0.0884. The fourth-order valence-corrected chi connectivity index (χ4v) is 6.37. The van der Waals surface area contributed by atoms with Crippen LogP contribution in [-0.2, 0) is 34.5 Å². The van der Waals surface area contributed by atoms with E-state index in [-0.39, 0.29) is 36.9 Å². The van der Waals surface area contributed by atoms with Crippen molar-refractivity contribution in [2.45, 2.75) is 63.5 Å². The average Bonchev–Trinajstić information content (AvgIpc) is 3.60.